The minimum absolute atomic E-state index is 0.0299. The second kappa shape index (κ2) is 15.3. The van der Waals surface area contributed by atoms with Crippen LogP contribution in [0.2, 0.25) is 0 Å². The number of sulfonamides is 1. The van der Waals surface area contributed by atoms with Crippen LogP contribution in [0.15, 0.2) is 79.0 Å². The first-order valence-electron chi connectivity index (χ1n) is 16.5. The molecule has 2 heterocycles. The fourth-order valence-electron chi connectivity index (χ4n) is 5.69. The molecule has 14 heteroatoms. The number of aromatic nitrogens is 2. The van der Waals surface area contributed by atoms with E-state index >= 15 is 0 Å². The number of carbonyl (C=O) groups is 3. The number of piperazine rings is 1. The van der Waals surface area contributed by atoms with E-state index in [1.54, 1.807) is 99.4 Å². The Labute approximate surface area is 303 Å². The van der Waals surface area contributed by atoms with E-state index in [0.29, 0.717) is 33.6 Å². The monoisotopic (exact) mass is 726 g/mol. The van der Waals surface area contributed by atoms with Gasteiger partial charge in [-0.15, -0.1) is 0 Å². The van der Waals surface area contributed by atoms with Gasteiger partial charge in [0, 0.05) is 49.7 Å². The summed E-state index contributed by atoms with van der Waals surface area (Å²) in [5.41, 5.74) is 3.38. The van der Waals surface area contributed by atoms with Crippen molar-refractivity contribution in [2.24, 2.45) is 7.05 Å². The van der Waals surface area contributed by atoms with Crippen LogP contribution in [-0.2, 0) is 31.4 Å². The third-order valence-electron chi connectivity index (χ3n) is 8.17. The topological polar surface area (TPSA) is 163 Å². The van der Waals surface area contributed by atoms with Gasteiger partial charge in [0.25, 0.3) is 5.91 Å². The van der Waals surface area contributed by atoms with Crippen molar-refractivity contribution in [1.29, 1.82) is 0 Å². The number of alkyl carbamates (subject to hydrolysis) is 1. The smallest absolute Gasteiger partial charge is 0.408 e. The summed E-state index contributed by atoms with van der Waals surface area (Å²) in [6.07, 6.45) is 2.00. The van der Waals surface area contributed by atoms with Crippen molar-refractivity contribution < 1.29 is 32.6 Å². The van der Waals surface area contributed by atoms with Gasteiger partial charge in [0.15, 0.2) is 0 Å². The average Bonchev–Trinajstić information content (AvgIpc) is 3.46. The highest BCUT2D eigenvalue weighted by atomic mass is 32.2. The molecule has 3 amide bonds. The Morgan fingerprint density at radius 1 is 1.00 bits per heavy atom. The molecule has 1 aromatic heterocycles. The molecular weight excluding hydrogens is 685 g/mol. The molecule has 3 N–H and O–H groups in total. The number of aromatic hydroxyl groups is 1. The Morgan fingerprint density at radius 2 is 1.69 bits per heavy atom. The molecule has 0 aliphatic carbocycles. The third-order valence-corrected chi connectivity index (χ3v) is 9.44. The maximum absolute atomic E-state index is 14.2. The van der Waals surface area contributed by atoms with Crippen LogP contribution in [0, 0.1) is 18.8 Å². The number of phenols is 1. The average molecular weight is 727 g/mol. The molecule has 0 radical (unpaired) electrons. The molecular formula is C38H42N6O7S. The molecule has 3 aromatic carbocycles. The first-order chi connectivity index (χ1) is 24.5. The normalized spacial score (nSPS) is 15.6. The van der Waals surface area contributed by atoms with Crippen LogP contribution in [0.25, 0.3) is 11.3 Å². The predicted octanol–water partition coefficient (Wildman–Crippen LogP) is 4.18. The van der Waals surface area contributed by atoms with Gasteiger partial charge < -0.3 is 25.4 Å². The Bertz CT molecular complexity index is 2130. The number of nitrogens with zero attached hydrogens (tertiary/aromatic N) is 4. The van der Waals surface area contributed by atoms with Gasteiger partial charge in [-0.2, -0.15) is 9.40 Å². The number of amides is 3. The molecule has 272 valence electrons. The summed E-state index contributed by atoms with van der Waals surface area (Å²) in [5.74, 6) is 5.11. The van der Waals surface area contributed by atoms with E-state index in [4.69, 9.17) is 4.74 Å². The van der Waals surface area contributed by atoms with Gasteiger partial charge in [-0.1, -0.05) is 53.8 Å². The molecule has 52 heavy (non-hydrogen) atoms. The Balaban J connectivity index is 1.37. The van der Waals surface area contributed by atoms with Crippen LogP contribution < -0.4 is 10.6 Å². The predicted molar refractivity (Wildman–Crippen MR) is 197 cm³/mol. The van der Waals surface area contributed by atoms with Crippen LogP contribution in [0.1, 0.15) is 49.1 Å². The highest BCUT2D eigenvalue weighted by molar-refractivity contribution is 7.88. The number of benzene rings is 3. The number of nitrogens with one attached hydrogen (secondary N) is 2. The summed E-state index contributed by atoms with van der Waals surface area (Å²) in [4.78, 5) is 42.2. The Kier molecular flexibility index (Phi) is 11.1. The molecule has 1 aliphatic heterocycles. The molecule has 4 aromatic rings. The number of anilines is 1. The largest absolute Gasteiger partial charge is 0.507 e. The zero-order valence-corrected chi connectivity index (χ0v) is 30.7. The standard InChI is InChI=1S/C38H42N6O7S/c1-25-12-19-32(45)30(22-25)33-28(23-42(5)41-33)16-13-26-14-17-29(18-15-26)39-35(46)31-24-43(52(6,49)50)20-21-44(31)36(47)34(27-10-8-7-9-11-27)40-37(48)51-38(2,3)4/h7-12,14-15,17-19,22-23,31,34,45H,20-21,24H2,1-6H3,(H,39,46)(H,40,48)/t31-,34-/m0/s1. The van der Waals surface area contributed by atoms with E-state index in [1.165, 1.54) is 4.90 Å². The van der Waals surface area contributed by atoms with Gasteiger partial charge in [-0.3, -0.25) is 14.3 Å². The zero-order valence-electron chi connectivity index (χ0n) is 29.9. The lowest BCUT2D eigenvalue weighted by molar-refractivity contribution is -0.142. The first kappa shape index (κ1) is 37.6. The maximum atomic E-state index is 14.2. The maximum Gasteiger partial charge on any atom is 0.408 e. The van der Waals surface area contributed by atoms with Crippen molar-refractivity contribution in [3.8, 4) is 28.8 Å². The Hall–Kier alpha value is -5.65. The van der Waals surface area contributed by atoms with E-state index in [9.17, 15) is 27.9 Å². The lowest BCUT2D eigenvalue weighted by Crippen LogP contribution is -2.62. The summed E-state index contributed by atoms with van der Waals surface area (Å²) in [5, 5.41) is 20.4. The van der Waals surface area contributed by atoms with Gasteiger partial charge in [0.1, 0.15) is 29.1 Å². The number of phenolic OH excluding ortho intramolecular Hbond substituents is 1. The molecule has 5 rings (SSSR count). The number of hydrogen-bond acceptors (Lipinski definition) is 8. The summed E-state index contributed by atoms with van der Waals surface area (Å²) >= 11 is 0. The van der Waals surface area contributed by atoms with Crippen LogP contribution in [0.4, 0.5) is 10.5 Å². The van der Waals surface area contributed by atoms with Crippen molar-refractivity contribution in [2.75, 3.05) is 31.2 Å². The molecule has 0 spiro atoms. The number of ether oxygens (including phenoxy) is 1. The van der Waals surface area contributed by atoms with E-state index in [0.717, 1.165) is 16.1 Å². The summed E-state index contributed by atoms with van der Waals surface area (Å²) in [6.45, 7) is 6.63. The van der Waals surface area contributed by atoms with E-state index in [-0.39, 0.29) is 25.4 Å². The number of carbonyl (C=O) groups excluding carboxylic acids is 3. The van der Waals surface area contributed by atoms with Gasteiger partial charge in [0.2, 0.25) is 15.9 Å². The second-order valence-corrected chi connectivity index (χ2v) is 15.5. The molecule has 13 nitrogen and oxygen atoms in total. The van der Waals surface area contributed by atoms with Crippen LogP contribution >= 0.6 is 0 Å². The van der Waals surface area contributed by atoms with Crippen molar-refractivity contribution in [1.82, 2.24) is 24.3 Å². The molecule has 2 atom stereocenters. The fraction of sp³-hybridized carbons (Fsp3) is 0.316. The SMILES string of the molecule is Cc1ccc(O)c(-c2nn(C)cc2C#Cc2ccc(NC(=O)[C@@H]3CN(S(C)(=O)=O)CCN3C(=O)[C@@H](NC(=O)OC(C)(C)C)c3ccccc3)cc2)c1. The number of rotatable bonds is 7. The van der Waals surface area contributed by atoms with Crippen molar-refractivity contribution in [3.05, 3.63) is 101 Å². The number of aryl methyl sites for hydroxylation is 2. The van der Waals surface area contributed by atoms with Crippen molar-refractivity contribution in [3.63, 3.8) is 0 Å². The molecule has 1 saturated heterocycles. The van der Waals surface area contributed by atoms with Gasteiger partial charge >= 0.3 is 6.09 Å². The first-order valence-corrected chi connectivity index (χ1v) is 18.4. The van der Waals surface area contributed by atoms with Crippen LogP contribution in [0.3, 0.4) is 0 Å². The lowest BCUT2D eigenvalue weighted by Gasteiger charge is -2.41. The van der Waals surface area contributed by atoms with Crippen LogP contribution in [0.5, 0.6) is 5.75 Å². The minimum atomic E-state index is -3.69. The quantitative estimate of drug-likeness (QED) is 0.239. The van der Waals surface area contributed by atoms with Crippen molar-refractivity contribution in [2.45, 2.75) is 45.4 Å². The lowest BCUT2D eigenvalue weighted by atomic mass is 10.0. The van der Waals surface area contributed by atoms with Gasteiger partial charge in [0.05, 0.1) is 11.8 Å². The second-order valence-electron chi connectivity index (χ2n) is 13.6. The summed E-state index contributed by atoms with van der Waals surface area (Å²) < 4.78 is 33.3. The molecule has 0 unspecified atom stereocenters. The van der Waals surface area contributed by atoms with E-state index in [1.807, 2.05) is 19.1 Å². The van der Waals surface area contributed by atoms with E-state index in [2.05, 4.69) is 27.6 Å². The van der Waals surface area contributed by atoms with Crippen molar-refractivity contribution >= 4 is 33.6 Å². The summed E-state index contributed by atoms with van der Waals surface area (Å²) in [6, 6.07) is 18.1. The van der Waals surface area contributed by atoms with E-state index < -0.39 is 45.6 Å². The molecule has 0 saturated carbocycles. The summed E-state index contributed by atoms with van der Waals surface area (Å²) in [7, 11) is -1.92. The highest BCUT2D eigenvalue weighted by Crippen LogP contribution is 2.31. The molecule has 1 fully saturated rings. The highest BCUT2D eigenvalue weighted by Gasteiger charge is 2.41. The minimum Gasteiger partial charge on any atom is -0.507 e. The van der Waals surface area contributed by atoms with Gasteiger partial charge in [-0.05, 0) is 69.7 Å². The molecule has 1 aliphatic rings. The van der Waals surface area contributed by atoms with Crippen LogP contribution in [-0.4, -0.2) is 88.0 Å². The number of hydrogen-bond donors (Lipinski definition) is 3. The zero-order chi connectivity index (χ0) is 37.8. The molecule has 0 bridgehead atoms. The third kappa shape index (κ3) is 9.36. The fourth-order valence-corrected chi connectivity index (χ4v) is 6.52. The Morgan fingerprint density at radius 3 is 2.35 bits per heavy atom. The van der Waals surface area contributed by atoms with Gasteiger partial charge in [-0.25, -0.2) is 13.2 Å².